The van der Waals surface area contributed by atoms with Gasteiger partial charge in [-0.05, 0) is 6.92 Å². The minimum absolute atomic E-state index is 0.0248. The van der Waals surface area contributed by atoms with Crippen molar-refractivity contribution in [2.75, 3.05) is 12.3 Å². The molecule has 0 saturated heterocycles. The normalized spacial score (nSPS) is 12.4. The first kappa shape index (κ1) is 10.5. The summed E-state index contributed by atoms with van der Waals surface area (Å²) in [6.07, 6.45) is 0.665. The summed E-state index contributed by atoms with van der Waals surface area (Å²) in [5.41, 5.74) is 5.24. The van der Waals surface area contributed by atoms with E-state index in [-0.39, 0.29) is 19.1 Å². The Balaban J connectivity index is 2.34. The lowest BCUT2D eigenvalue weighted by Crippen LogP contribution is -2.19. The maximum atomic E-state index is 11.1. The molecular weight excluding hydrogens is 188 g/mol. The molecule has 0 saturated carbocycles. The quantitative estimate of drug-likeness (QED) is 0.591. The zero-order chi connectivity index (χ0) is 10.6. The molecule has 0 aliphatic heterocycles. The van der Waals surface area contributed by atoms with Crippen LogP contribution in [-0.4, -0.2) is 38.6 Å². The number of rotatable bonds is 4. The average molecular weight is 200 g/mol. The Kier molecular flexibility index (Phi) is 3.41. The maximum absolute atomic E-state index is 11.1. The number of esters is 1. The molecule has 3 N–H and O–H groups in total. The van der Waals surface area contributed by atoms with E-state index in [0.29, 0.717) is 0 Å². The Hall–Kier alpha value is -1.63. The third-order valence-corrected chi connectivity index (χ3v) is 1.33. The molecule has 1 unspecified atom stereocenters. The van der Waals surface area contributed by atoms with Crippen molar-refractivity contribution < 1.29 is 14.6 Å². The topological polar surface area (TPSA) is 103 Å². The Morgan fingerprint density at radius 3 is 3.07 bits per heavy atom. The van der Waals surface area contributed by atoms with Crippen LogP contribution in [0.25, 0.3) is 0 Å². The summed E-state index contributed by atoms with van der Waals surface area (Å²) >= 11 is 0. The number of nitrogens with two attached hydrogens (primary N) is 1. The number of aliphatic hydroxyl groups is 1. The monoisotopic (exact) mass is 200 g/mol. The van der Waals surface area contributed by atoms with Crippen LogP contribution in [0.15, 0.2) is 6.33 Å². The first-order chi connectivity index (χ1) is 6.58. The van der Waals surface area contributed by atoms with Crippen molar-refractivity contribution in [3.8, 4) is 0 Å². The van der Waals surface area contributed by atoms with E-state index < -0.39 is 12.1 Å². The van der Waals surface area contributed by atoms with Crippen molar-refractivity contribution in [1.82, 2.24) is 14.8 Å². The van der Waals surface area contributed by atoms with Crippen molar-refractivity contribution >= 4 is 11.9 Å². The number of carbonyl (C=O) groups is 1. The molecule has 0 amide bonds. The van der Waals surface area contributed by atoms with E-state index in [1.165, 1.54) is 17.9 Å². The first-order valence-corrected chi connectivity index (χ1v) is 4.06. The molecule has 0 fully saturated rings. The van der Waals surface area contributed by atoms with Gasteiger partial charge in [0.2, 0.25) is 5.95 Å². The van der Waals surface area contributed by atoms with Gasteiger partial charge in [0.1, 0.15) is 19.5 Å². The summed E-state index contributed by atoms with van der Waals surface area (Å²) in [4.78, 5) is 14.7. The van der Waals surface area contributed by atoms with Crippen molar-refractivity contribution in [2.45, 2.75) is 19.6 Å². The number of aromatic nitrogens is 3. The number of anilines is 1. The van der Waals surface area contributed by atoms with Crippen LogP contribution in [-0.2, 0) is 16.1 Å². The Bertz CT molecular complexity index is 310. The Morgan fingerprint density at radius 2 is 2.57 bits per heavy atom. The van der Waals surface area contributed by atoms with E-state index in [2.05, 4.69) is 10.1 Å². The summed E-state index contributed by atoms with van der Waals surface area (Å²) in [6, 6.07) is 0. The molecule has 0 aliphatic carbocycles. The molecule has 0 spiro atoms. The molecule has 0 aromatic carbocycles. The zero-order valence-electron chi connectivity index (χ0n) is 7.75. The van der Waals surface area contributed by atoms with Crippen LogP contribution < -0.4 is 5.73 Å². The van der Waals surface area contributed by atoms with Gasteiger partial charge in [0.25, 0.3) is 0 Å². The van der Waals surface area contributed by atoms with Gasteiger partial charge in [0, 0.05) is 0 Å². The molecule has 1 aromatic rings. The average Bonchev–Trinajstić information content (AvgIpc) is 2.48. The zero-order valence-corrected chi connectivity index (χ0v) is 7.75. The molecule has 7 nitrogen and oxygen atoms in total. The van der Waals surface area contributed by atoms with E-state index in [9.17, 15) is 4.79 Å². The van der Waals surface area contributed by atoms with Crippen molar-refractivity contribution in [1.29, 1.82) is 0 Å². The second kappa shape index (κ2) is 4.56. The van der Waals surface area contributed by atoms with Gasteiger partial charge < -0.3 is 15.6 Å². The van der Waals surface area contributed by atoms with E-state index in [1.807, 2.05) is 0 Å². The molecule has 1 rings (SSSR count). The highest BCUT2D eigenvalue weighted by Crippen LogP contribution is 1.92. The summed E-state index contributed by atoms with van der Waals surface area (Å²) in [6.45, 7) is 1.45. The van der Waals surface area contributed by atoms with E-state index >= 15 is 0 Å². The number of nitrogens with zero attached hydrogens (tertiary/aromatic N) is 3. The molecule has 7 heteroatoms. The fourth-order valence-corrected chi connectivity index (χ4v) is 0.777. The Morgan fingerprint density at radius 1 is 1.86 bits per heavy atom. The van der Waals surface area contributed by atoms with Crippen LogP contribution in [0, 0.1) is 0 Å². The van der Waals surface area contributed by atoms with Crippen LogP contribution in [0.2, 0.25) is 0 Å². The highest BCUT2D eigenvalue weighted by molar-refractivity contribution is 5.69. The van der Waals surface area contributed by atoms with Crippen LogP contribution in [0.3, 0.4) is 0 Å². The van der Waals surface area contributed by atoms with E-state index in [4.69, 9.17) is 15.6 Å². The molecule has 0 bridgehead atoms. The van der Waals surface area contributed by atoms with Gasteiger partial charge in [-0.25, -0.2) is 9.67 Å². The second-order valence-corrected chi connectivity index (χ2v) is 2.83. The maximum Gasteiger partial charge on any atom is 0.327 e. The minimum atomic E-state index is -0.667. The number of hydrogen-bond acceptors (Lipinski definition) is 6. The lowest BCUT2D eigenvalue weighted by Gasteiger charge is -2.05. The summed E-state index contributed by atoms with van der Waals surface area (Å²) < 4.78 is 5.96. The third-order valence-electron chi connectivity index (χ3n) is 1.33. The SMILES string of the molecule is CC(O)COC(=O)Cn1cnc(N)n1. The number of hydrogen-bond donors (Lipinski definition) is 2. The highest BCUT2D eigenvalue weighted by Gasteiger charge is 2.07. The summed E-state index contributed by atoms with van der Waals surface area (Å²) in [7, 11) is 0. The first-order valence-electron chi connectivity index (χ1n) is 4.06. The van der Waals surface area contributed by atoms with Crippen LogP contribution in [0.5, 0.6) is 0 Å². The molecule has 1 aromatic heterocycles. The molecule has 14 heavy (non-hydrogen) atoms. The van der Waals surface area contributed by atoms with Crippen molar-refractivity contribution in [3.63, 3.8) is 0 Å². The highest BCUT2D eigenvalue weighted by atomic mass is 16.5. The smallest absolute Gasteiger partial charge is 0.327 e. The molecular formula is C7H12N4O3. The van der Waals surface area contributed by atoms with E-state index in [0.717, 1.165) is 0 Å². The lowest BCUT2D eigenvalue weighted by molar-refractivity contribution is -0.147. The molecule has 0 aliphatic rings. The van der Waals surface area contributed by atoms with Crippen molar-refractivity contribution in [3.05, 3.63) is 6.33 Å². The standard InChI is InChI=1S/C7H12N4O3/c1-5(12)3-14-6(13)2-11-4-9-7(8)10-11/h4-5,12H,2-3H2,1H3,(H2,8,10). The largest absolute Gasteiger partial charge is 0.462 e. The van der Waals surface area contributed by atoms with Gasteiger partial charge in [-0.2, -0.15) is 0 Å². The fraction of sp³-hybridized carbons (Fsp3) is 0.571. The van der Waals surface area contributed by atoms with Gasteiger partial charge in [0.05, 0.1) is 6.10 Å². The fourth-order valence-electron chi connectivity index (χ4n) is 0.777. The van der Waals surface area contributed by atoms with Crippen LogP contribution in [0.1, 0.15) is 6.92 Å². The number of carbonyl (C=O) groups excluding carboxylic acids is 1. The minimum Gasteiger partial charge on any atom is -0.462 e. The predicted molar refractivity (Wildman–Crippen MR) is 47.1 cm³/mol. The Labute approximate surface area is 80.5 Å². The lowest BCUT2D eigenvalue weighted by atomic mass is 10.4. The summed E-state index contributed by atoms with van der Waals surface area (Å²) in [5, 5.41) is 12.5. The van der Waals surface area contributed by atoms with Crippen molar-refractivity contribution in [2.24, 2.45) is 0 Å². The molecule has 1 heterocycles. The predicted octanol–water partition coefficient (Wildman–Crippen LogP) is -1.22. The van der Waals surface area contributed by atoms with Gasteiger partial charge in [-0.3, -0.25) is 4.79 Å². The second-order valence-electron chi connectivity index (χ2n) is 2.83. The molecule has 78 valence electrons. The number of aliphatic hydroxyl groups excluding tert-OH is 1. The molecule has 0 radical (unpaired) electrons. The van der Waals surface area contributed by atoms with Gasteiger partial charge >= 0.3 is 5.97 Å². The van der Waals surface area contributed by atoms with Gasteiger partial charge in [-0.15, -0.1) is 5.10 Å². The third kappa shape index (κ3) is 3.40. The van der Waals surface area contributed by atoms with Crippen LogP contribution >= 0.6 is 0 Å². The molecule has 1 atom stereocenters. The van der Waals surface area contributed by atoms with E-state index in [1.54, 1.807) is 0 Å². The summed E-state index contributed by atoms with van der Waals surface area (Å²) in [5.74, 6) is -0.385. The number of ether oxygens (including phenoxy) is 1. The van der Waals surface area contributed by atoms with Gasteiger partial charge in [0.15, 0.2) is 0 Å². The van der Waals surface area contributed by atoms with Gasteiger partial charge in [-0.1, -0.05) is 0 Å². The van der Waals surface area contributed by atoms with Crippen LogP contribution in [0.4, 0.5) is 5.95 Å². The number of nitrogen functional groups attached to an aromatic ring is 1.